The Morgan fingerprint density at radius 2 is 1.81 bits per heavy atom. The summed E-state index contributed by atoms with van der Waals surface area (Å²) in [4.78, 5) is 11.4. The summed E-state index contributed by atoms with van der Waals surface area (Å²) < 4.78 is 32.5. The van der Waals surface area contributed by atoms with Gasteiger partial charge in [-0.25, -0.2) is 8.42 Å². The number of halogens is 2. The molecule has 7 nitrogen and oxygen atoms in total. The van der Waals surface area contributed by atoms with Gasteiger partial charge in [-0.1, -0.05) is 23.2 Å². The number of carbonyl (C=O) groups is 1. The number of aliphatic hydroxyl groups excluding tert-OH is 1. The molecule has 0 heterocycles. The predicted molar refractivity (Wildman–Crippen MR) is 99.3 cm³/mol. The number of amides is 1. The van der Waals surface area contributed by atoms with Gasteiger partial charge in [-0.2, -0.15) is 0 Å². The molecule has 0 aliphatic carbocycles. The summed E-state index contributed by atoms with van der Waals surface area (Å²) in [6, 6.07) is 10.1. The van der Waals surface area contributed by atoms with Crippen LogP contribution >= 0.6 is 23.2 Å². The SMILES string of the molecule is O=C(COc1ccc(S(=O)(=O)Nc2ccc(Cl)cc2)cc1Cl)NCCO. The van der Waals surface area contributed by atoms with Crippen LogP contribution in [0.1, 0.15) is 0 Å². The third-order valence-electron chi connectivity index (χ3n) is 3.10. The Balaban J connectivity index is 2.07. The molecular weight excluding hydrogens is 403 g/mol. The van der Waals surface area contributed by atoms with Crippen LogP contribution in [0.4, 0.5) is 5.69 Å². The van der Waals surface area contributed by atoms with Crippen molar-refractivity contribution in [2.45, 2.75) is 4.90 Å². The van der Waals surface area contributed by atoms with E-state index >= 15 is 0 Å². The highest BCUT2D eigenvalue weighted by Crippen LogP contribution is 2.28. The molecule has 0 radical (unpaired) electrons. The molecule has 0 spiro atoms. The van der Waals surface area contributed by atoms with Crippen LogP contribution in [-0.4, -0.2) is 39.2 Å². The molecule has 0 atom stereocenters. The second-order valence-corrected chi connectivity index (χ2v) is 7.59. The molecule has 3 N–H and O–H groups in total. The lowest BCUT2D eigenvalue weighted by Gasteiger charge is -2.11. The average molecular weight is 419 g/mol. The molecule has 0 aliphatic heterocycles. The van der Waals surface area contributed by atoms with Gasteiger partial charge in [0.2, 0.25) is 0 Å². The summed E-state index contributed by atoms with van der Waals surface area (Å²) in [5.41, 5.74) is 0.353. The number of rotatable bonds is 8. The van der Waals surface area contributed by atoms with Crippen LogP contribution in [0, 0.1) is 0 Å². The van der Waals surface area contributed by atoms with E-state index in [1.165, 1.54) is 30.3 Å². The molecule has 2 aromatic carbocycles. The Kier molecular flexibility index (Phi) is 7.10. The zero-order chi connectivity index (χ0) is 19.2. The van der Waals surface area contributed by atoms with Crippen molar-refractivity contribution < 1.29 is 23.1 Å². The van der Waals surface area contributed by atoms with Crippen molar-refractivity contribution in [2.75, 3.05) is 24.5 Å². The number of benzene rings is 2. The van der Waals surface area contributed by atoms with Gasteiger partial charge in [0.25, 0.3) is 15.9 Å². The molecular formula is C16H16Cl2N2O5S. The van der Waals surface area contributed by atoms with Gasteiger partial charge >= 0.3 is 0 Å². The van der Waals surface area contributed by atoms with Gasteiger partial charge in [0.05, 0.1) is 16.5 Å². The Morgan fingerprint density at radius 1 is 1.12 bits per heavy atom. The van der Waals surface area contributed by atoms with Crippen molar-refractivity contribution in [3.63, 3.8) is 0 Å². The standard InChI is InChI=1S/C16H16Cl2N2O5S/c17-11-1-3-12(4-2-11)20-26(23,24)13-5-6-15(14(18)9-13)25-10-16(22)19-7-8-21/h1-6,9,20-21H,7-8,10H2,(H,19,22). The Bertz CT molecular complexity index is 873. The number of carbonyl (C=O) groups excluding carboxylic acids is 1. The zero-order valence-corrected chi connectivity index (χ0v) is 15.7. The minimum atomic E-state index is -3.85. The Hall–Kier alpha value is -2.00. The summed E-state index contributed by atoms with van der Waals surface area (Å²) in [5, 5.41) is 11.6. The molecule has 140 valence electrons. The van der Waals surface area contributed by atoms with Crippen LogP contribution in [0.2, 0.25) is 10.0 Å². The summed E-state index contributed by atoms with van der Waals surface area (Å²) >= 11 is 11.8. The number of aliphatic hydroxyl groups is 1. The minimum Gasteiger partial charge on any atom is -0.482 e. The summed E-state index contributed by atoms with van der Waals surface area (Å²) in [6.45, 7) is -0.377. The summed E-state index contributed by atoms with van der Waals surface area (Å²) in [5.74, 6) is -0.271. The largest absolute Gasteiger partial charge is 0.482 e. The van der Waals surface area contributed by atoms with E-state index in [1.807, 2.05) is 0 Å². The fourth-order valence-corrected chi connectivity index (χ4v) is 3.40. The first-order valence-electron chi connectivity index (χ1n) is 7.40. The maximum absolute atomic E-state index is 12.4. The van der Waals surface area contributed by atoms with Crippen molar-refractivity contribution in [3.8, 4) is 5.75 Å². The Labute approximate surface area is 160 Å². The van der Waals surface area contributed by atoms with E-state index in [4.69, 9.17) is 33.0 Å². The molecule has 0 fully saturated rings. The van der Waals surface area contributed by atoms with Gasteiger partial charge in [-0.3, -0.25) is 9.52 Å². The minimum absolute atomic E-state index is 0.0407. The molecule has 2 aromatic rings. The first-order chi connectivity index (χ1) is 12.3. The van der Waals surface area contributed by atoms with Crippen molar-refractivity contribution >= 4 is 44.8 Å². The number of hydrogen-bond donors (Lipinski definition) is 3. The lowest BCUT2D eigenvalue weighted by Crippen LogP contribution is -2.31. The molecule has 0 aromatic heterocycles. The van der Waals surface area contributed by atoms with Gasteiger partial charge in [0, 0.05) is 17.3 Å². The van der Waals surface area contributed by atoms with E-state index in [2.05, 4.69) is 10.0 Å². The Morgan fingerprint density at radius 3 is 2.42 bits per heavy atom. The van der Waals surface area contributed by atoms with E-state index in [0.29, 0.717) is 10.7 Å². The third kappa shape index (κ3) is 5.77. The van der Waals surface area contributed by atoms with E-state index in [-0.39, 0.29) is 35.4 Å². The summed E-state index contributed by atoms with van der Waals surface area (Å²) in [6.07, 6.45) is 0. The van der Waals surface area contributed by atoms with Gasteiger partial charge < -0.3 is 15.2 Å². The molecule has 0 aliphatic rings. The monoisotopic (exact) mass is 418 g/mol. The first-order valence-corrected chi connectivity index (χ1v) is 9.64. The number of nitrogens with one attached hydrogen (secondary N) is 2. The molecule has 10 heteroatoms. The molecule has 26 heavy (non-hydrogen) atoms. The lowest BCUT2D eigenvalue weighted by molar-refractivity contribution is -0.123. The average Bonchev–Trinajstić information content (AvgIpc) is 2.60. The predicted octanol–water partition coefficient (Wildman–Crippen LogP) is 2.28. The first kappa shape index (κ1) is 20.3. The highest BCUT2D eigenvalue weighted by Gasteiger charge is 2.17. The smallest absolute Gasteiger partial charge is 0.261 e. The lowest BCUT2D eigenvalue weighted by atomic mass is 10.3. The highest BCUT2D eigenvalue weighted by molar-refractivity contribution is 7.92. The molecule has 0 unspecified atom stereocenters. The number of sulfonamides is 1. The number of ether oxygens (including phenoxy) is 1. The zero-order valence-electron chi connectivity index (χ0n) is 13.4. The van der Waals surface area contributed by atoms with Gasteiger partial charge in [-0.15, -0.1) is 0 Å². The van der Waals surface area contributed by atoms with Crippen LogP contribution in [0.5, 0.6) is 5.75 Å². The normalized spacial score (nSPS) is 11.0. The second kappa shape index (κ2) is 9.09. The fourth-order valence-electron chi connectivity index (χ4n) is 1.89. The summed E-state index contributed by atoms with van der Waals surface area (Å²) in [7, 11) is -3.85. The maximum Gasteiger partial charge on any atom is 0.261 e. The third-order valence-corrected chi connectivity index (χ3v) is 5.03. The second-order valence-electron chi connectivity index (χ2n) is 5.07. The molecule has 0 bridgehead atoms. The van der Waals surface area contributed by atoms with Crippen LogP contribution in [-0.2, 0) is 14.8 Å². The quantitative estimate of drug-likeness (QED) is 0.609. The topological polar surface area (TPSA) is 105 Å². The van der Waals surface area contributed by atoms with Crippen LogP contribution in [0.25, 0.3) is 0 Å². The molecule has 2 rings (SSSR count). The van der Waals surface area contributed by atoms with Crippen molar-refractivity contribution in [1.29, 1.82) is 0 Å². The van der Waals surface area contributed by atoms with Gasteiger partial charge in [-0.05, 0) is 42.5 Å². The van der Waals surface area contributed by atoms with Crippen LogP contribution in [0.3, 0.4) is 0 Å². The van der Waals surface area contributed by atoms with E-state index in [1.54, 1.807) is 12.1 Å². The maximum atomic E-state index is 12.4. The molecule has 1 amide bonds. The number of anilines is 1. The van der Waals surface area contributed by atoms with Crippen molar-refractivity contribution in [1.82, 2.24) is 5.32 Å². The van der Waals surface area contributed by atoms with Gasteiger partial charge in [0.15, 0.2) is 6.61 Å². The van der Waals surface area contributed by atoms with Crippen LogP contribution in [0.15, 0.2) is 47.4 Å². The van der Waals surface area contributed by atoms with E-state index in [0.717, 1.165) is 0 Å². The van der Waals surface area contributed by atoms with Gasteiger partial charge in [0.1, 0.15) is 5.75 Å². The molecule has 0 saturated heterocycles. The van der Waals surface area contributed by atoms with Crippen molar-refractivity contribution in [2.24, 2.45) is 0 Å². The number of hydrogen-bond acceptors (Lipinski definition) is 5. The van der Waals surface area contributed by atoms with E-state index in [9.17, 15) is 13.2 Å². The van der Waals surface area contributed by atoms with E-state index < -0.39 is 15.9 Å². The highest BCUT2D eigenvalue weighted by atomic mass is 35.5. The van der Waals surface area contributed by atoms with Crippen LogP contribution < -0.4 is 14.8 Å². The molecule has 0 saturated carbocycles. The fraction of sp³-hybridized carbons (Fsp3) is 0.188. The van der Waals surface area contributed by atoms with Crippen molar-refractivity contribution in [3.05, 3.63) is 52.5 Å².